The number of rotatable bonds is 7. The zero-order valence-corrected chi connectivity index (χ0v) is 11.7. The van der Waals surface area contributed by atoms with Gasteiger partial charge in [-0.3, -0.25) is 9.59 Å². The van der Waals surface area contributed by atoms with Crippen LogP contribution in [0.15, 0.2) is 24.3 Å². The molecule has 1 rings (SSSR count). The van der Waals surface area contributed by atoms with E-state index in [1.165, 1.54) is 7.11 Å². The maximum absolute atomic E-state index is 11.7. The lowest BCUT2D eigenvalue weighted by atomic mass is 10.0. The number of benzene rings is 1. The molecule has 21 heavy (non-hydrogen) atoms. The van der Waals surface area contributed by atoms with Crippen LogP contribution in [0.1, 0.15) is 18.4 Å². The van der Waals surface area contributed by atoms with E-state index in [2.05, 4.69) is 10.1 Å². The Bertz CT molecular complexity index is 530. The Morgan fingerprint density at radius 2 is 2.05 bits per heavy atom. The fourth-order valence-corrected chi connectivity index (χ4v) is 1.78. The number of nitrogens with two attached hydrogens (primary N) is 1. The number of carboxylic acid groups (broad SMARTS) is 1. The second-order valence-corrected chi connectivity index (χ2v) is 4.49. The number of anilines is 1. The van der Waals surface area contributed by atoms with E-state index in [1.807, 2.05) is 0 Å². The third-order valence-corrected chi connectivity index (χ3v) is 2.78. The van der Waals surface area contributed by atoms with Crippen LogP contribution in [0, 0.1) is 0 Å². The van der Waals surface area contributed by atoms with Crippen LogP contribution in [0.4, 0.5) is 5.69 Å². The first kappa shape index (κ1) is 16.5. The summed E-state index contributed by atoms with van der Waals surface area (Å²) in [6.07, 6.45) is -0.270. The van der Waals surface area contributed by atoms with Gasteiger partial charge in [0, 0.05) is 18.5 Å². The van der Waals surface area contributed by atoms with E-state index in [0.29, 0.717) is 5.69 Å². The topological polar surface area (TPSA) is 119 Å². The number of methoxy groups -OCH3 is 1. The van der Waals surface area contributed by atoms with Crippen LogP contribution in [0.2, 0.25) is 0 Å². The van der Waals surface area contributed by atoms with Crippen LogP contribution in [-0.2, 0) is 25.5 Å². The largest absolute Gasteiger partial charge is 0.481 e. The van der Waals surface area contributed by atoms with Crippen LogP contribution in [0.25, 0.3) is 0 Å². The predicted octanol–water partition coefficient (Wildman–Crippen LogP) is 0.334. The zero-order valence-electron chi connectivity index (χ0n) is 11.7. The number of amides is 1. The highest BCUT2D eigenvalue weighted by molar-refractivity contribution is 5.86. The number of ether oxygens (including phenoxy) is 1. The minimum atomic E-state index is -1.07. The SMILES string of the molecule is COC(=O)C(Cc1cccc(N)c1)NC(=O)CCC(=O)O. The molecule has 1 atom stereocenters. The van der Waals surface area contributed by atoms with Gasteiger partial charge in [0.25, 0.3) is 0 Å². The molecule has 0 bridgehead atoms. The monoisotopic (exact) mass is 294 g/mol. The van der Waals surface area contributed by atoms with Gasteiger partial charge < -0.3 is 20.9 Å². The summed E-state index contributed by atoms with van der Waals surface area (Å²) in [5, 5.41) is 11.0. The van der Waals surface area contributed by atoms with Crippen molar-refractivity contribution in [2.45, 2.75) is 25.3 Å². The van der Waals surface area contributed by atoms with Crippen LogP contribution >= 0.6 is 0 Å². The minimum absolute atomic E-state index is 0.195. The molecule has 1 aromatic rings. The summed E-state index contributed by atoms with van der Waals surface area (Å²) in [4.78, 5) is 33.7. The molecule has 0 fully saturated rings. The Kier molecular flexibility index (Phi) is 6.19. The van der Waals surface area contributed by atoms with Gasteiger partial charge in [0.15, 0.2) is 0 Å². The van der Waals surface area contributed by atoms with Crippen molar-refractivity contribution in [1.29, 1.82) is 0 Å². The van der Waals surface area contributed by atoms with Crippen molar-refractivity contribution in [3.8, 4) is 0 Å². The van der Waals surface area contributed by atoms with E-state index in [4.69, 9.17) is 10.8 Å². The van der Waals surface area contributed by atoms with Crippen molar-refractivity contribution < 1.29 is 24.2 Å². The summed E-state index contributed by atoms with van der Waals surface area (Å²) < 4.78 is 4.64. The Balaban J connectivity index is 2.70. The summed E-state index contributed by atoms with van der Waals surface area (Å²) in [7, 11) is 1.22. The van der Waals surface area contributed by atoms with Crippen LogP contribution in [0.5, 0.6) is 0 Å². The number of nitrogen functional groups attached to an aromatic ring is 1. The highest BCUT2D eigenvalue weighted by Crippen LogP contribution is 2.10. The zero-order chi connectivity index (χ0) is 15.8. The Labute approximate surface area is 122 Å². The summed E-state index contributed by atoms with van der Waals surface area (Å²) in [5.74, 6) is -2.19. The van der Waals surface area contributed by atoms with Gasteiger partial charge in [-0.15, -0.1) is 0 Å². The fourth-order valence-electron chi connectivity index (χ4n) is 1.78. The molecule has 7 heteroatoms. The molecule has 0 spiro atoms. The quantitative estimate of drug-likeness (QED) is 0.492. The van der Waals surface area contributed by atoms with Gasteiger partial charge in [0.05, 0.1) is 13.5 Å². The molecular formula is C14H18N2O5. The molecule has 4 N–H and O–H groups in total. The van der Waals surface area contributed by atoms with Crippen molar-refractivity contribution in [3.05, 3.63) is 29.8 Å². The van der Waals surface area contributed by atoms with Crippen molar-refractivity contribution >= 4 is 23.5 Å². The molecule has 1 amide bonds. The van der Waals surface area contributed by atoms with Crippen molar-refractivity contribution in [2.75, 3.05) is 12.8 Å². The summed E-state index contributed by atoms with van der Waals surface area (Å²) in [5.41, 5.74) is 6.97. The smallest absolute Gasteiger partial charge is 0.328 e. The van der Waals surface area contributed by atoms with Gasteiger partial charge in [0.1, 0.15) is 6.04 Å². The van der Waals surface area contributed by atoms with Crippen LogP contribution in [-0.4, -0.2) is 36.1 Å². The molecule has 0 aliphatic rings. The van der Waals surface area contributed by atoms with Crippen molar-refractivity contribution in [1.82, 2.24) is 5.32 Å². The molecule has 1 aromatic carbocycles. The summed E-state index contributed by atoms with van der Waals surface area (Å²) in [6.45, 7) is 0. The molecule has 0 saturated heterocycles. The molecule has 114 valence electrons. The van der Waals surface area contributed by atoms with Crippen LogP contribution in [0.3, 0.4) is 0 Å². The number of nitrogens with one attached hydrogen (secondary N) is 1. The van der Waals surface area contributed by atoms with Crippen molar-refractivity contribution in [2.24, 2.45) is 0 Å². The van der Waals surface area contributed by atoms with E-state index in [9.17, 15) is 14.4 Å². The average Bonchev–Trinajstić information content (AvgIpc) is 2.43. The first-order valence-electron chi connectivity index (χ1n) is 6.35. The second-order valence-electron chi connectivity index (χ2n) is 4.49. The highest BCUT2D eigenvalue weighted by atomic mass is 16.5. The van der Waals surface area contributed by atoms with Gasteiger partial charge in [-0.1, -0.05) is 12.1 Å². The standard InChI is InChI=1S/C14H18N2O5/c1-21-14(20)11(16-12(17)5-6-13(18)19)8-9-3-2-4-10(15)7-9/h2-4,7,11H,5-6,8,15H2,1H3,(H,16,17)(H,18,19). The first-order valence-corrected chi connectivity index (χ1v) is 6.35. The third kappa shape index (κ3) is 5.94. The molecule has 0 aromatic heterocycles. The molecule has 0 saturated carbocycles. The van der Waals surface area contributed by atoms with Gasteiger partial charge in [-0.25, -0.2) is 4.79 Å². The van der Waals surface area contributed by atoms with Gasteiger partial charge in [-0.2, -0.15) is 0 Å². The molecule has 0 radical (unpaired) electrons. The second kappa shape index (κ2) is 7.88. The number of hydrogen-bond donors (Lipinski definition) is 3. The Morgan fingerprint density at radius 3 is 2.62 bits per heavy atom. The van der Waals surface area contributed by atoms with Crippen LogP contribution < -0.4 is 11.1 Å². The summed E-state index contributed by atoms with van der Waals surface area (Å²) >= 11 is 0. The average molecular weight is 294 g/mol. The molecule has 0 heterocycles. The first-order chi connectivity index (χ1) is 9.92. The van der Waals surface area contributed by atoms with E-state index >= 15 is 0 Å². The Hall–Kier alpha value is -2.57. The number of carboxylic acids is 1. The maximum atomic E-state index is 11.7. The number of carbonyl (C=O) groups is 3. The lowest BCUT2D eigenvalue weighted by molar-refractivity contribution is -0.145. The Morgan fingerprint density at radius 1 is 1.33 bits per heavy atom. The fraction of sp³-hybridized carbons (Fsp3) is 0.357. The van der Waals surface area contributed by atoms with E-state index < -0.39 is 23.9 Å². The highest BCUT2D eigenvalue weighted by Gasteiger charge is 2.22. The normalized spacial score (nSPS) is 11.5. The van der Waals surface area contributed by atoms with E-state index in [0.717, 1.165) is 5.56 Å². The predicted molar refractivity (Wildman–Crippen MR) is 75.4 cm³/mol. The molecule has 7 nitrogen and oxygen atoms in total. The number of carbonyl (C=O) groups excluding carboxylic acids is 2. The minimum Gasteiger partial charge on any atom is -0.481 e. The lowest BCUT2D eigenvalue weighted by Crippen LogP contribution is -2.43. The summed E-state index contributed by atoms with van der Waals surface area (Å²) in [6, 6.07) is 6.04. The maximum Gasteiger partial charge on any atom is 0.328 e. The molecule has 1 unspecified atom stereocenters. The molecular weight excluding hydrogens is 276 g/mol. The molecule has 0 aliphatic carbocycles. The third-order valence-electron chi connectivity index (χ3n) is 2.78. The van der Waals surface area contributed by atoms with Gasteiger partial charge in [0.2, 0.25) is 5.91 Å². The van der Waals surface area contributed by atoms with E-state index in [-0.39, 0.29) is 19.3 Å². The number of hydrogen-bond acceptors (Lipinski definition) is 5. The lowest BCUT2D eigenvalue weighted by Gasteiger charge is -2.16. The van der Waals surface area contributed by atoms with Gasteiger partial charge in [-0.05, 0) is 17.7 Å². The van der Waals surface area contributed by atoms with Crippen molar-refractivity contribution in [3.63, 3.8) is 0 Å². The van der Waals surface area contributed by atoms with Gasteiger partial charge >= 0.3 is 11.9 Å². The number of aliphatic carboxylic acids is 1. The van der Waals surface area contributed by atoms with E-state index in [1.54, 1.807) is 24.3 Å². The molecule has 0 aliphatic heterocycles. The number of esters is 1.